The minimum absolute atomic E-state index is 0.0181. The molecule has 0 spiro atoms. The van der Waals surface area contributed by atoms with E-state index in [1.807, 2.05) is 44.2 Å². The summed E-state index contributed by atoms with van der Waals surface area (Å²) in [5.74, 6) is 0.801. The van der Waals surface area contributed by atoms with Crippen LogP contribution in [-0.4, -0.2) is 118 Å². The molecule has 5 aromatic rings. The van der Waals surface area contributed by atoms with Gasteiger partial charge in [-0.05, 0) is 132 Å². The number of hydrogen-bond acceptors (Lipinski definition) is 12. The Bertz CT molecular complexity index is 2490. The van der Waals surface area contributed by atoms with E-state index in [9.17, 15) is 24.0 Å². The minimum atomic E-state index is -0.806. The van der Waals surface area contributed by atoms with E-state index in [0.717, 1.165) is 38.8 Å². The number of carboxylic acids is 1. The lowest BCUT2D eigenvalue weighted by Crippen LogP contribution is -2.45. The van der Waals surface area contributed by atoms with Crippen LogP contribution in [0.25, 0.3) is 11.4 Å². The molecular weight excluding hydrogens is 1010 g/mol. The van der Waals surface area contributed by atoms with Gasteiger partial charge >= 0.3 is 5.97 Å². The summed E-state index contributed by atoms with van der Waals surface area (Å²) in [6, 6.07) is 28.5. The highest BCUT2D eigenvalue weighted by Crippen LogP contribution is 2.32. The molecule has 6 N–H and O–H groups in total. The maximum Gasteiger partial charge on any atom is 0.306 e. The fourth-order valence-corrected chi connectivity index (χ4v) is 8.08. The molecule has 3 heterocycles. The number of carboxylic acid groups (broad SMARTS) is 1. The van der Waals surface area contributed by atoms with Gasteiger partial charge in [0, 0.05) is 54.4 Å². The number of benzene rings is 4. The fourth-order valence-electron chi connectivity index (χ4n) is 7.09. The Morgan fingerprint density at radius 1 is 0.721 bits per heavy atom. The van der Waals surface area contributed by atoms with E-state index in [-0.39, 0.29) is 54.4 Å². The Morgan fingerprint density at radius 2 is 1.21 bits per heavy atom. The second kappa shape index (κ2) is 26.5. The first-order valence-corrected chi connectivity index (χ1v) is 23.5. The maximum absolute atomic E-state index is 12.5. The first-order valence-electron chi connectivity index (χ1n) is 21.9. The van der Waals surface area contributed by atoms with Crippen LogP contribution in [0, 0.1) is 5.92 Å². The minimum Gasteiger partial charge on any atom is -0.493 e. The molecule has 0 saturated carbocycles. The summed E-state index contributed by atoms with van der Waals surface area (Å²) in [4.78, 5) is 67.2. The van der Waals surface area contributed by atoms with Crippen LogP contribution in [0.2, 0.25) is 0 Å². The van der Waals surface area contributed by atoms with Gasteiger partial charge in [0.25, 0.3) is 11.8 Å². The standard InChI is InChI=1S/C24H25BrN4O4.C15H18N2O4.C9H11BrN2O2/c1-2-32-20-9-8-18(14-19(20)25)22-27-24(33-28-22)17-10-12-29(13-11-17)21(30)15-26-23(31)16-6-4-3-5-7-16;18-13(17-8-6-12(7-9-17)15(20)21)10-16-14(19)11-4-2-1-3-5-11;1-2-14-8-4-3-6(5-7(8)10)9(11)12-13/h3-9,14,17H,2,10-13,15H2,1H3,(H,26,31);1-5,12H,6-10H2,(H,16,19)(H,20,21);3-5,13H,2H2,1H3,(H2,11,12). The molecule has 18 nitrogen and oxygen atoms in total. The van der Waals surface area contributed by atoms with Crippen LogP contribution in [0.15, 0.2) is 116 Å². The summed E-state index contributed by atoms with van der Waals surface area (Å²) in [6.45, 7) is 6.96. The lowest BCUT2D eigenvalue weighted by atomic mass is 9.96. The molecule has 4 aromatic carbocycles. The summed E-state index contributed by atoms with van der Waals surface area (Å²) >= 11 is 6.84. The van der Waals surface area contributed by atoms with E-state index in [4.69, 9.17) is 30.0 Å². The number of nitrogens with two attached hydrogens (primary N) is 1. The van der Waals surface area contributed by atoms with Gasteiger partial charge in [-0.25, -0.2) is 0 Å². The van der Waals surface area contributed by atoms with Crippen LogP contribution in [0.3, 0.4) is 0 Å². The van der Waals surface area contributed by atoms with Gasteiger partial charge in [-0.2, -0.15) is 4.98 Å². The molecule has 0 unspecified atom stereocenters. The lowest BCUT2D eigenvalue weighted by Gasteiger charge is -2.30. The van der Waals surface area contributed by atoms with Gasteiger partial charge in [-0.3, -0.25) is 24.0 Å². The highest BCUT2D eigenvalue weighted by atomic mass is 79.9. The number of amidine groups is 1. The number of rotatable bonds is 14. The number of hydrogen-bond donors (Lipinski definition) is 5. The normalized spacial score (nSPS) is 14.0. The molecule has 2 fully saturated rings. The van der Waals surface area contributed by atoms with Crippen LogP contribution in [0.4, 0.5) is 0 Å². The number of piperidine rings is 2. The number of nitrogens with one attached hydrogen (secondary N) is 2. The lowest BCUT2D eigenvalue weighted by molar-refractivity contribution is -0.145. The van der Waals surface area contributed by atoms with Crippen LogP contribution in [-0.2, 0) is 14.4 Å². The van der Waals surface area contributed by atoms with Gasteiger partial charge in [-0.15, -0.1) is 0 Å². The summed E-state index contributed by atoms with van der Waals surface area (Å²) in [6.07, 6.45) is 2.39. The number of aliphatic carboxylic acids is 1. The topological polar surface area (TPSA) is 252 Å². The van der Waals surface area contributed by atoms with Crippen molar-refractivity contribution < 1.29 is 48.3 Å². The third-order valence-electron chi connectivity index (χ3n) is 10.8. The third kappa shape index (κ3) is 15.4. The molecule has 7 rings (SSSR count). The predicted octanol–water partition coefficient (Wildman–Crippen LogP) is 6.72. The van der Waals surface area contributed by atoms with Gasteiger partial charge in [0.05, 0.1) is 41.2 Å². The Hall–Kier alpha value is -6.80. The quantitative estimate of drug-likeness (QED) is 0.0336. The molecule has 2 aliphatic rings. The zero-order chi connectivity index (χ0) is 49.0. The monoisotopic (exact) mass is 1060 g/mol. The van der Waals surface area contributed by atoms with Crippen molar-refractivity contribution in [3.63, 3.8) is 0 Å². The van der Waals surface area contributed by atoms with Gasteiger partial charge in [0.15, 0.2) is 5.84 Å². The first-order chi connectivity index (χ1) is 32.8. The van der Waals surface area contributed by atoms with Crippen LogP contribution in [0.1, 0.15) is 77.6 Å². The van der Waals surface area contributed by atoms with E-state index in [1.54, 1.807) is 76.5 Å². The number of likely N-dealkylation sites (tertiary alicyclic amines) is 2. The van der Waals surface area contributed by atoms with Gasteiger partial charge in [0.1, 0.15) is 11.5 Å². The van der Waals surface area contributed by atoms with Crippen molar-refractivity contribution in [2.45, 2.75) is 45.4 Å². The van der Waals surface area contributed by atoms with E-state index < -0.39 is 5.97 Å². The number of amides is 4. The van der Waals surface area contributed by atoms with Crippen molar-refractivity contribution in [1.29, 1.82) is 0 Å². The average Bonchev–Trinajstić information content (AvgIpc) is 3.87. The largest absolute Gasteiger partial charge is 0.493 e. The SMILES string of the molecule is CCOc1ccc(-c2noc(C3CCN(C(=O)CNC(=O)c4ccccc4)CC3)n2)cc1Br.CCOc1ccc(/C(N)=N/O)cc1Br.O=C(NCC(=O)N1CCC(C(=O)O)CC1)c1ccccc1. The number of nitrogens with zero attached hydrogens (tertiary/aromatic N) is 5. The molecule has 4 amide bonds. The van der Waals surface area contributed by atoms with Crippen molar-refractivity contribution >= 4 is 67.3 Å². The van der Waals surface area contributed by atoms with Crippen LogP contribution in [0.5, 0.6) is 11.5 Å². The van der Waals surface area contributed by atoms with Crippen molar-refractivity contribution in [3.8, 4) is 22.9 Å². The molecule has 1 aromatic heterocycles. The average molecular weight is 1060 g/mol. The second-order valence-electron chi connectivity index (χ2n) is 15.3. The molecule has 360 valence electrons. The van der Waals surface area contributed by atoms with Crippen LogP contribution >= 0.6 is 31.9 Å². The third-order valence-corrected chi connectivity index (χ3v) is 12.1. The first kappa shape index (κ1) is 52.2. The zero-order valence-corrected chi connectivity index (χ0v) is 40.8. The van der Waals surface area contributed by atoms with Crippen LogP contribution < -0.4 is 25.8 Å². The molecular formula is C48H54Br2N8O10. The smallest absolute Gasteiger partial charge is 0.306 e. The fraction of sp³-hybridized carbons (Fsp3) is 0.333. The van der Waals surface area contributed by atoms with E-state index >= 15 is 0 Å². The second-order valence-corrected chi connectivity index (χ2v) is 17.1. The number of halogens is 2. The number of oxime groups is 1. The molecule has 68 heavy (non-hydrogen) atoms. The molecule has 0 bridgehead atoms. The van der Waals surface area contributed by atoms with Crippen molar-refractivity contribution in [2.24, 2.45) is 16.8 Å². The maximum atomic E-state index is 12.5. The highest BCUT2D eigenvalue weighted by Gasteiger charge is 2.29. The molecule has 0 aliphatic carbocycles. The van der Waals surface area contributed by atoms with Crippen molar-refractivity contribution in [3.05, 3.63) is 129 Å². The highest BCUT2D eigenvalue weighted by molar-refractivity contribution is 9.11. The van der Waals surface area contributed by atoms with E-state index in [1.165, 1.54) is 0 Å². The number of carbonyl (C=O) groups is 5. The Morgan fingerprint density at radius 3 is 1.66 bits per heavy atom. The van der Waals surface area contributed by atoms with Gasteiger partial charge in [0.2, 0.25) is 23.5 Å². The molecule has 2 saturated heterocycles. The summed E-state index contributed by atoms with van der Waals surface area (Å²) < 4.78 is 18.0. The Labute approximate surface area is 410 Å². The summed E-state index contributed by atoms with van der Waals surface area (Å²) in [5, 5.41) is 29.7. The van der Waals surface area contributed by atoms with E-state index in [2.05, 4.69) is 57.8 Å². The molecule has 0 radical (unpaired) electrons. The van der Waals surface area contributed by atoms with Crippen molar-refractivity contribution in [2.75, 3.05) is 52.5 Å². The summed E-state index contributed by atoms with van der Waals surface area (Å²) in [5.41, 5.74) is 7.95. The molecule has 0 atom stereocenters. The molecule has 2 aliphatic heterocycles. The number of ether oxygens (including phenoxy) is 2. The zero-order valence-electron chi connectivity index (χ0n) is 37.6. The summed E-state index contributed by atoms with van der Waals surface area (Å²) in [7, 11) is 0. The van der Waals surface area contributed by atoms with Crippen molar-refractivity contribution in [1.82, 2.24) is 30.6 Å². The van der Waals surface area contributed by atoms with Gasteiger partial charge < -0.3 is 50.5 Å². The van der Waals surface area contributed by atoms with Gasteiger partial charge in [-0.1, -0.05) is 46.7 Å². The molecule has 20 heteroatoms. The number of carbonyl (C=O) groups excluding carboxylic acids is 4. The van der Waals surface area contributed by atoms with E-state index in [0.29, 0.717) is 80.6 Å². The predicted molar refractivity (Wildman–Crippen MR) is 259 cm³/mol. The Kier molecular flexibility index (Phi) is 20.3. The Balaban J connectivity index is 0.000000211. The number of aromatic nitrogens is 2.